The Labute approximate surface area is 172 Å². The van der Waals surface area contributed by atoms with E-state index in [1.54, 1.807) is 6.33 Å². The Morgan fingerprint density at radius 1 is 0.793 bits per heavy atom. The second kappa shape index (κ2) is 6.00. The Hall–Kier alpha value is -3.00. The first kappa shape index (κ1) is 18.1. The van der Waals surface area contributed by atoms with Gasteiger partial charge in [0.15, 0.2) is 0 Å². The minimum absolute atomic E-state index is 0.139. The molecule has 0 N–H and O–H groups in total. The monoisotopic (exact) mass is 378 g/mol. The number of hydrogen-bond donors (Lipinski definition) is 0. The molecular weight excluding hydrogens is 352 g/mol. The zero-order valence-electron chi connectivity index (χ0n) is 17.7. The van der Waals surface area contributed by atoms with Gasteiger partial charge in [0.2, 0.25) is 0 Å². The average Bonchev–Trinajstić information content (AvgIpc) is 2.95. The van der Waals surface area contributed by atoms with Crippen LogP contribution in [0.4, 0.5) is 0 Å². The van der Waals surface area contributed by atoms with E-state index in [1.165, 1.54) is 33.0 Å². The normalized spacial score (nSPS) is 14.7. The third kappa shape index (κ3) is 2.62. The third-order valence-corrected chi connectivity index (χ3v) is 6.29. The van der Waals surface area contributed by atoms with E-state index in [2.05, 4.69) is 95.3 Å². The molecule has 0 saturated heterocycles. The van der Waals surface area contributed by atoms with Crippen LogP contribution in [0.1, 0.15) is 51.4 Å². The summed E-state index contributed by atoms with van der Waals surface area (Å²) in [5.41, 5.74) is 8.41. The first-order valence-corrected chi connectivity index (χ1v) is 10.3. The standard InChI is InChI=1S/C27H26N2/c1-26(2,3)19-13-10-18(11-14-19)24-22-21-15-12-17-8-6-7-9-20(17)23(21)27(4,5)25(22)29-16-28-24/h6-16H,1-5H3. The molecule has 1 aliphatic rings. The molecule has 2 heteroatoms. The van der Waals surface area contributed by atoms with Gasteiger partial charge in [-0.1, -0.05) is 95.3 Å². The number of hydrogen-bond acceptors (Lipinski definition) is 2. The van der Waals surface area contributed by atoms with E-state index in [-0.39, 0.29) is 10.8 Å². The molecule has 29 heavy (non-hydrogen) atoms. The molecule has 0 unspecified atom stereocenters. The largest absolute Gasteiger partial charge is 0.240 e. The SMILES string of the molecule is CC(C)(C)c1ccc(-c2ncnc3c2-c2ccc4ccccc4c2C3(C)C)cc1. The van der Waals surface area contributed by atoms with E-state index in [0.717, 1.165) is 17.0 Å². The molecule has 1 aromatic heterocycles. The predicted octanol–water partition coefficient (Wildman–Crippen LogP) is 6.90. The highest BCUT2D eigenvalue weighted by atomic mass is 14.9. The van der Waals surface area contributed by atoms with Crippen molar-refractivity contribution in [1.29, 1.82) is 0 Å². The van der Waals surface area contributed by atoms with Gasteiger partial charge in [-0.25, -0.2) is 9.97 Å². The van der Waals surface area contributed by atoms with E-state index in [0.29, 0.717) is 0 Å². The van der Waals surface area contributed by atoms with Crippen LogP contribution in [0.25, 0.3) is 33.2 Å². The topological polar surface area (TPSA) is 25.8 Å². The number of nitrogens with zero attached hydrogens (tertiary/aromatic N) is 2. The summed E-state index contributed by atoms with van der Waals surface area (Å²) >= 11 is 0. The van der Waals surface area contributed by atoms with Gasteiger partial charge in [0, 0.05) is 16.5 Å². The van der Waals surface area contributed by atoms with E-state index in [4.69, 9.17) is 9.97 Å². The van der Waals surface area contributed by atoms with Gasteiger partial charge in [0.1, 0.15) is 6.33 Å². The zero-order chi connectivity index (χ0) is 20.4. The molecule has 144 valence electrons. The fraction of sp³-hybridized carbons (Fsp3) is 0.259. The summed E-state index contributed by atoms with van der Waals surface area (Å²) < 4.78 is 0. The third-order valence-electron chi connectivity index (χ3n) is 6.29. The molecule has 0 amide bonds. The van der Waals surface area contributed by atoms with Crippen LogP contribution in [0.2, 0.25) is 0 Å². The average molecular weight is 379 g/mol. The first-order chi connectivity index (χ1) is 13.8. The number of aromatic nitrogens is 2. The molecule has 0 aliphatic heterocycles. The highest BCUT2D eigenvalue weighted by Crippen LogP contribution is 2.52. The van der Waals surface area contributed by atoms with Gasteiger partial charge >= 0.3 is 0 Å². The van der Waals surface area contributed by atoms with Crippen molar-refractivity contribution < 1.29 is 0 Å². The number of benzene rings is 3. The Morgan fingerprint density at radius 3 is 2.24 bits per heavy atom. The van der Waals surface area contributed by atoms with Crippen LogP contribution < -0.4 is 0 Å². The molecule has 0 fully saturated rings. The van der Waals surface area contributed by atoms with Gasteiger partial charge < -0.3 is 0 Å². The second-order valence-corrected chi connectivity index (χ2v) is 9.61. The molecule has 3 aromatic carbocycles. The summed E-state index contributed by atoms with van der Waals surface area (Å²) in [7, 11) is 0. The van der Waals surface area contributed by atoms with Crippen molar-refractivity contribution in [2.24, 2.45) is 0 Å². The highest BCUT2D eigenvalue weighted by Gasteiger charge is 2.40. The molecule has 1 heterocycles. The minimum Gasteiger partial charge on any atom is -0.240 e. The van der Waals surface area contributed by atoms with Crippen LogP contribution in [0.5, 0.6) is 0 Å². The summed E-state index contributed by atoms with van der Waals surface area (Å²) in [5, 5.41) is 2.58. The van der Waals surface area contributed by atoms with Crippen LogP contribution in [-0.2, 0) is 10.8 Å². The Balaban J connectivity index is 1.77. The molecule has 0 radical (unpaired) electrons. The van der Waals surface area contributed by atoms with Gasteiger partial charge in [-0.05, 0) is 32.9 Å². The first-order valence-electron chi connectivity index (χ1n) is 10.3. The number of fused-ring (bicyclic) bond motifs is 5. The van der Waals surface area contributed by atoms with Crippen molar-refractivity contribution >= 4 is 10.8 Å². The predicted molar refractivity (Wildman–Crippen MR) is 121 cm³/mol. The van der Waals surface area contributed by atoms with Gasteiger partial charge in [-0.15, -0.1) is 0 Å². The fourth-order valence-corrected chi connectivity index (χ4v) is 4.73. The summed E-state index contributed by atoms with van der Waals surface area (Å²) in [6.45, 7) is 11.3. The maximum absolute atomic E-state index is 4.77. The molecule has 5 rings (SSSR count). The van der Waals surface area contributed by atoms with Crippen molar-refractivity contribution in [2.45, 2.75) is 45.4 Å². The fourth-order valence-electron chi connectivity index (χ4n) is 4.73. The highest BCUT2D eigenvalue weighted by molar-refractivity contribution is 6.00. The Morgan fingerprint density at radius 2 is 1.52 bits per heavy atom. The van der Waals surface area contributed by atoms with Crippen LogP contribution >= 0.6 is 0 Å². The minimum atomic E-state index is -0.158. The van der Waals surface area contributed by atoms with Crippen molar-refractivity contribution in [3.8, 4) is 22.4 Å². The maximum Gasteiger partial charge on any atom is 0.116 e. The Bertz CT molecular complexity index is 1240. The van der Waals surface area contributed by atoms with Crippen molar-refractivity contribution in [3.05, 3.63) is 83.8 Å². The van der Waals surface area contributed by atoms with Crippen molar-refractivity contribution in [2.75, 3.05) is 0 Å². The van der Waals surface area contributed by atoms with Gasteiger partial charge in [-0.2, -0.15) is 0 Å². The zero-order valence-corrected chi connectivity index (χ0v) is 17.7. The molecule has 0 atom stereocenters. The van der Waals surface area contributed by atoms with Crippen LogP contribution in [0, 0.1) is 0 Å². The summed E-state index contributed by atoms with van der Waals surface area (Å²) in [5.74, 6) is 0. The molecule has 1 aliphatic carbocycles. The van der Waals surface area contributed by atoms with Crippen molar-refractivity contribution in [1.82, 2.24) is 9.97 Å². The molecule has 4 aromatic rings. The number of rotatable bonds is 1. The van der Waals surface area contributed by atoms with Crippen LogP contribution in [0.3, 0.4) is 0 Å². The van der Waals surface area contributed by atoms with Gasteiger partial charge in [-0.3, -0.25) is 0 Å². The molecular formula is C27H26N2. The Kier molecular flexibility index (Phi) is 3.73. The van der Waals surface area contributed by atoms with E-state index in [9.17, 15) is 0 Å². The molecule has 0 saturated carbocycles. The lowest BCUT2D eigenvalue weighted by molar-refractivity contribution is 0.590. The van der Waals surface area contributed by atoms with E-state index < -0.39 is 0 Å². The maximum atomic E-state index is 4.77. The van der Waals surface area contributed by atoms with E-state index in [1.807, 2.05) is 0 Å². The lowest BCUT2D eigenvalue weighted by atomic mass is 9.82. The summed E-state index contributed by atoms with van der Waals surface area (Å²) in [6, 6.07) is 22.0. The second-order valence-electron chi connectivity index (χ2n) is 9.61. The smallest absolute Gasteiger partial charge is 0.116 e. The van der Waals surface area contributed by atoms with Gasteiger partial charge in [0.25, 0.3) is 0 Å². The lowest BCUT2D eigenvalue weighted by Crippen LogP contribution is -2.17. The van der Waals surface area contributed by atoms with Crippen LogP contribution in [0.15, 0.2) is 67.0 Å². The van der Waals surface area contributed by atoms with Crippen molar-refractivity contribution in [3.63, 3.8) is 0 Å². The lowest BCUT2D eigenvalue weighted by Gasteiger charge is -2.22. The summed E-state index contributed by atoms with van der Waals surface area (Å²) in [4.78, 5) is 9.51. The quantitative estimate of drug-likeness (QED) is 0.360. The van der Waals surface area contributed by atoms with Crippen LogP contribution in [-0.4, -0.2) is 9.97 Å². The molecule has 2 nitrogen and oxygen atoms in total. The summed E-state index contributed by atoms with van der Waals surface area (Å²) in [6.07, 6.45) is 1.72. The molecule has 0 spiro atoms. The van der Waals surface area contributed by atoms with Gasteiger partial charge in [0.05, 0.1) is 11.4 Å². The van der Waals surface area contributed by atoms with E-state index >= 15 is 0 Å². The molecule has 0 bridgehead atoms.